The Bertz CT molecular complexity index is 839. The number of nitrogens with zero attached hydrogens (tertiary/aromatic N) is 2. The predicted molar refractivity (Wildman–Crippen MR) is 98.6 cm³/mol. The number of benzene rings is 2. The van der Waals surface area contributed by atoms with Crippen molar-refractivity contribution in [1.29, 1.82) is 0 Å². The molecule has 0 saturated heterocycles. The largest absolute Gasteiger partial charge is 0.238 e. The third-order valence-corrected chi connectivity index (χ3v) is 5.99. The van der Waals surface area contributed by atoms with Gasteiger partial charge >= 0.3 is 0 Å². The lowest BCUT2D eigenvalue weighted by molar-refractivity contribution is 1.19. The Balaban J connectivity index is 1.71. The van der Waals surface area contributed by atoms with Gasteiger partial charge in [-0.15, -0.1) is 0 Å². The van der Waals surface area contributed by atoms with Crippen molar-refractivity contribution in [3.63, 3.8) is 0 Å². The summed E-state index contributed by atoms with van der Waals surface area (Å²) in [5.74, 6) is 0.868. The molecule has 0 saturated carbocycles. The molecule has 0 bridgehead atoms. The molecular weight excluding hydrogens is 376 g/mol. The van der Waals surface area contributed by atoms with E-state index >= 15 is 0 Å². The van der Waals surface area contributed by atoms with Crippen molar-refractivity contribution in [2.75, 3.05) is 5.75 Å². The summed E-state index contributed by atoms with van der Waals surface area (Å²) in [4.78, 5) is 9.56. The van der Waals surface area contributed by atoms with Crippen LogP contribution < -0.4 is 0 Å². The third kappa shape index (κ3) is 2.76. The Hall–Kier alpha value is -1.43. The summed E-state index contributed by atoms with van der Waals surface area (Å²) >= 11 is 6.90. The van der Waals surface area contributed by atoms with Gasteiger partial charge in [0.05, 0.1) is 5.71 Å². The zero-order chi connectivity index (χ0) is 14.9. The summed E-state index contributed by atoms with van der Waals surface area (Å²) in [5.41, 5.74) is 3.45. The molecule has 4 rings (SSSR count). The maximum Gasteiger partial charge on any atom is 0.150 e. The number of rotatable bonds is 2. The van der Waals surface area contributed by atoms with E-state index in [1.165, 1.54) is 5.56 Å². The van der Waals surface area contributed by atoms with Crippen LogP contribution in [0.1, 0.15) is 5.56 Å². The summed E-state index contributed by atoms with van der Waals surface area (Å²) < 4.78 is 1.09. The Morgan fingerprint density at radius 1 is 0.909 bits per heavy atom. The number of thioether (sulfide) groups is 1. The smallest absolute Gasteiger partial charge is 0.150 e. The summed E-state index contributed by atoms with van der Waals surface area (Å²) in [6.45, 7) is 0. The van der Waals surface area contributed by atoms with Gasteiger partial charge in [0, 0.05) is 15.8 Å². The predicted octanol–water partition coefficient (Wildman–Crippen LogP) is 5.80. The second-order valence-electron chi connectivity index (χ2n) is 4.85. The van der Waals surface area contributed by atoms with E-state index in [0.29, 0.717) is 0 Å². The van der Waals surface area contributed by atoms with Crippen LogP contribution in [0.2, 0.25) is 0 Å². The van der Waals surface area contributed by atoms with Gasteiger partial charge in [0.25, 0.3) is 0 Å². The van der Waals surface area contributed by atoms with Crippen LogP contribution in [-0.4, -0.2) is 16.4 Å². The SMILES string of the molecule is Brc1ccc(C2=Nc3sc(-c4ccccc4)nc3SC2)cc1. The summed E-state index contributed by atoms with van der Waals surface area (Å²) in [5, 5.41) is 3.11. The van der Waals surface area contributed by atoms with E-state index in [1.54, 1.807) is 23.1 Å². The highest BCUT2D eigenvalue weighted by molar-refractivity contribution is 9.10. The van der Waals surface area contributed by atoms with E-state index in [9.17, 15) is 0 Å². The van der Waals surface area contributed by atoms with Gasteiger partial charge in [-0.05, 0) is 17.7 Å². The fourth-order valence-electron chi connectivity index (χ4n) is 2.25. The Morgan fingerprint density at radius 2 is 1.68 bits per heavy atom. The first-order valence-corrected chi connectivity index (χ1v) is 9.42. The van der Waals surface area contributed by atoms with Crippen molar-refractivity contribution in [2.24, 2.45) is 4.99 Å². The number of hydrogen-bond acceptors (Lipinski definition) is 4. The number of aromatic nitrogens is 1. The first-order chi connectivity index (χ1) is 10.8. The summed E-state index contributed by atoms with van der Waals surface area (Å²) in [6, 6.07) is 18.6. The average Bonchev–Trinajstić information content (AvgIpc) is 2.99. The molecule has 108 valence electrons. The Kier molecular flexibility index (Phi) is 3.86. The molecule has 2 nitrogen and oxygen atoms in total. The monoisotopic (exact) mass is 386 g/mol. The Morgan fingerprint density at radius 3 is 2.45 bits per heavy atom. The lowest BCUT2D eigenvalue weighted by Crippen LogP contribution is -2.06. The van der Waals surface area contributed by atoms with Crippen LogP contribution in [0.25, 0.3) is 10.6 Å². The van der Waals surface area contributed by atoms with Gasteiger partial charge in [0.2, 0.25) is 0 Å². The van der Waals surface area contributed by atoms with E-state index in [2.05, 4.69) is 52.3 Å². The first kappa shape index (κ1) is 14.2. The van der Waals surface area contributed by atoms with Crippen LogP contribution in [0.5, 0.6) is 0 Å². The number of aliphatic imine (C=N–C) groups is 1. The highest BCUT2D eigenvalue weighted by Crippen LogP contribution is 2.42. The fourth-order valence-corrected chi connectivity index (χ4v) is 4.56. The zero-order valence-corrected chi connectivity index (χ0v) is 14.7. The van der Waals surface area contributed by atoms with Crippen LogP contribution in [0.3, 0.4) is 0 Å². The fraction of sp³-hybridized carbons (Fsp3) is 0.0588. The van der Waals surface area contributed by atoms with Gasteiger partial charge < -0.3 is 0 Å². The lowest BCUT2D eigenvalue weighted by atomic mass is 10.1. The van der Waals surface area contributed by atoms with Crippen molar-refractivity contribution < 1.29 is 0 Å². The minimum absolute atomic E-state index is 0.868. The van der Waals surface area contributed by atoms with E-state index in [0.717, 1.165) is 36.5 Å². The van der Waals surface area contributed by atoms with Gasteiger partial charge in [-0.25, -0.2) is 9.98 Å². The van der Waals surface area contributed by atoms with Crippen LogP contribution in [0.4, 0.5) is 5.00 Å². The summed E-state index contributed by atoms with van der Waals surface area (Å²) in [6.07, 6.45) is 0. The molecule has 3 aromatic rings. The van der Waals surface area contributed by atoms with E-state index in [1.807, 2.05) is 18.2 Å². The molecule has 0 amide bonds. The second-order valence-corrected chi connectivity index (χ2v) is 7.71. The van der Waals surface area contributed by atoms with Crippen molar-refractivity contribution in [3.8, 4) is 10.6 Å². The van der Waals surface area contributed by atoms with Gasteiger partial charge in [-0.3, -0.25) is 0 Å². The molecule has 2 aromatic carbocycles. The van der Waals surface area contributed by atoms with Crippen LogP contribution in [0.15, 0.2) is 69.1 Å². The minimum atomic E-state index is 0.868. The number of halogens is 1. The minimum Gasteiger partial charge on any atom is -0.238 e. The molecule has 22 heavy (non-hydrogen) atoms. The van der Waals surface area contributed by atoms with Crippen molar-refractivity contribution in [1.82, 2.24) is 4.98 Å². The van der Waals surface area contributed by atoms with Gasteiger partial charge in [0.1, 0.15) is 10.0 Å². The van der Waals surface area contributed by atoms with Gasteiger partial charge in [-0.2, -0.15) is 0 Å². The molecule has 0 radical (unpaired) electrons. The molecule has 0 atom stereocenters. The number of fused-ring (bicyclic) bond motifs is 1. The summed E-state index contributed by atoms with van der Waals surface area (Å²) in [7, 11) is 0. The molecule has 1 aromatic heterocycles. The zero-order valence-electron chi connectivity index (χ0n) is 11.5. The van der Waals surface area contributed by atoms with E-state index in [4.69, 9.17) is 9.98 Å². The van der Waals surface area contributed by atoms with Crippen molar-refractivity contribution >= 4 is 49.7 Å². The van der Waals surface area contributed by atoms with Crippen LogP contribution in [-0.2, 0) is 0 Å². The van der Waals surface area contributed by atoms with Gasteiger partial charge in [0.15, 0.2) is 5.00 Å². The van der Waals surface area contributed by atoms with Crippen LogP contribution >= 0.6 is 39.0 Å². The molecule has 1 aliphatic rings. The molecule has 0 N–H and O–H groups in total. The van der Waals surface area contributed by atoms with Crippen LogP contribution in [0, 0.1) is 0 Å². The highest BCUT2D eigenvalue weighted by Gasteiger charge is 2.19. The second kappa shape index (κ2) is 5.99. The number of hydrogen-bond donors (Lipinski definition) is 0. The van der Waals surface area contributed by atoms with E-state index < -0.39 is 0 Å². The molecule has 5 heteroatoms. The Labute approximate surface area is 145 Å². The first-order valence-electron chi connectivity index (χ1n) is 6.82. The topological polar surface area (TPSA) is 25.2 Å². The normalized spacial score (nSPS) is 13.6. The average molecular weight is 387 g/mol. The lowest BCUT2D eigenvalue weighted by Gasteiger charge is -2.10. The molecule has 0 aliphatic carbocycles. The van der Waals surface area contributed by atoms with Gasteiger partial charge in [-0.1, -0.05) is 81.5 Å². The quantitative estimate of drug-likeness (QED) is 0.555. The molecule has 1 aliphatic heterocycles. The third-order valence-electron chi connectivity index (χ3n) is 3.36. The van der Waals surface area contributed by atoms with Crippen molar-refractivity contribution in [2.45, 2.75) is 5.03 Å². The molecular formula is C17H11BrN2S2. The standard InChI is InChI=1S/C17H11BrN2S2/c18-13-8-6-11(7-9-13)14-10-21-16-17(19-14)22-15(20-16)12-4-2-1-3-5-12/h1-9H,10H2. The molecule has 0 spiro atoms. The highest BCUT2D eigenvalue weighted by atomic mass is 79.9. The molecule has 0 fully saturated rings. The molecule has 0 unspecified atom stereocenters. The molecule has 2 heterocycles. The maximum absolute atomic E-state index is 4.83. The van der Waals surface area contributed by atoms with E-state index in [-0.39, 0.29) is 0 Å². The number of thiazole rings is 1. The maximum atomic E-state index is 4.83. The van der Waals surface area contributed by atoms with Crippen molar-refractivity contribution in [3.05, 3.63) is 64.6 Å².